The molecule has 1 saturated heterocycles. The van der Waals surface area contributed by atoms with E-state index >= 15 is 0 Å². The number of benzene rings is 3. The van der Waals surface area contributed by atoms with Crippen molar-refractivity contribution in [2.45, 2.75) is 28.7 Å². The van der Waals surface area contributed by atoms with Crippen molar-refractivity contribution in [1.29, 1.82) is 0 Å². The highest BCUT2D eigenvalue weighted by Crippen LogP contribution is 2.44. The number of carbonyl (C=O) groups is 1. The maximum atomic E-state index is 13.9. The SMILES string of the molecule is O=C(NCc1ccccc1Sc1ncc(F)cc1C1OCCO1)OCC1c2ccccc2-c2ccccc21. The van der Waals surface area contributed by atoms with Crippen LogP contribution in [0.4, 0.5) is 9.18 Å². The van der Waals surface area contributed by atoms with Gasteiger partial charge in [0.2, 0.25) is 0 Å². The zero-order valence-corrected chi connectivity index (χ0v) is 21.2. The molecule has 1 aliphatic carbocycles. The molecule has 2 heterocycles. The van der Waals surface area contributed by atoms with Crippen molar-refractivity contribution >= 4 is 17.9 Å². The van der Waals surface area contributed by atoms with Crippen molar-refractivity contribution in [2.75, 3.05) is 19.8 Å². The zero-order valence-electron chi connectivity index (χ0n) is 20.4. The molecule has 0 bridgehead atoms. The van der Waals surface area contributed by atoms with Crippen LogP contribution < -0.4 is 5.32 Å². The molecule has 6 nitrogen and oxygen atoms in total. The van der Waals surface area contributed by atoms with E-state index in [2.05, 4.69) is 34.6 Å². The molecule has 6 rings (SSSR count). The minimum Gasteiger partial charge on any atom is -0.449 e. The number of amides is 1. The lowest BCUT2D eigenvalue weighted by molar-refractivity contribution is -0.0466. The maximum Gasteiger partial charge on any atom is 0.407 e. The zero-order chi connectivity index (χ0) is 25.9. The Balaban J connectivity index is 1.12. The summed E-state index contributed by atoms with van der Waals surface area (Å²) in [6.07, 6.45) is 0.0463. The molecular formula is C30H25FN2O4S. The van der Waals surface area contributed by atoms with Gasteiger partial charge < -0.3 is 19.5 Å². The Morgan fingerprint density at radius 3 is 2.34 bits per heavy atom. The third-order valence-corrected chi connectivity index (χ3v) is 7.82. The van der Waals surface area contributed by atoms with Crippen LogP contribution in [0.3, 0.4) is 0 Å². The Bertz CT molecular complexity index is 1430. The summed E-state index contributed by atoms with van der Waals surface area (Å²) in [4.78, 5) is 17.9. The summed E-state index contributed by atoms with van der Waals surface area (Å²) >= 11 is 1.38. The Kier molecular flexibility index (Phi) is 7.09. The van der Waals surface area contributed by atoms with Gasteiger partial charge in [-0.15, -0.1) is 0 Å². The molecule has 3 aromatic carbocycles. The molecular weight excluding hydrogens is 503 g/mol. The molecule has 1 amide bonds. The predicted molar refractivity (Wildman–Crippen MR) is 141 cm³/mol. The van der Waals surface area contributed by atoms with Gasteiger partial charge in [-0.1, -0.05) is 78.5 Å². The van der Waals surface area contributed by atoms with Crippen molar-refractivity contribution < 1.29 is 23.4 Å². The first kappa shape index (κ1) is 24.6. The van der Waals surface area contributed by atoms with Gasteiger partial charge in [0.15, 0.2) is 6.29 Å². The minimum absolute atomic E-state index is 0.000937. The van der Waals surface area contributed by atoms with Crippen molar-refractivity contribution in [1.82, 2.24) is 10.3 Å². The summed E-state index contributed by atoms with van der Waals surface area (Å²) in [6, 6.07) is 25.5. The number of alkyl carbamates (subject to hydrolysis) is 1. The van der Waals surface area contributed by atoms with Gasteiger partial charge in [-0.05, 0) is 39.9 Å². The average molecular weight is 529 g/mol. The van der Waals surface area contributed by atoms with E-state index in [0.29, 0.717) is 23.8 Å². The Morgan fingerprint density at radius 2 is 1.61 bits per heavy atom. The second kappa shape index (κ2) is 10.9. The van der Waals surface area contributed by atoms with E-state index in [4.69, 9.17) is 14.2 Å². The molecule has 38 heavy (non-hydrogen) atoms. The molecule has 1 N–H and O–H groups in total. The summed E-state index contributed by atoms with van der Waals surface area (Å²) in [5, 5.41) is 3.46. The van der Waals surface area contributed by atoms with Crippen LogP contribution in [0.5, 0.6) is 0 Å². The van der Waals surface area contributed by atoms with Crippen LogP contribution in [0, 0.1) is 5.82 Å². The second-order valence-electron chi connectivity index (χ2n) is 9.01. The Morgan fingerprint density at radius 1 is 0.947 bits per heavy atom. The number of nitrogens with zero attached hydrogens (tertiary/aromatic N) is 1. The fourth-order valence-corrected chi connectivity index (χ4v) is 5.91. The summed E-state index contributed by atoms with van der Waals surface area (Å²) in [5.74, 6) is -0.451. The largest absolute Gasteiger partial charge is 0.449 e. The molecule has 8 heteroatoms. The smallest absolute Gasteiger partial charge is 0.407 e. The quantitative estimate of drug-likeness (QED) is 0.297. The van der Waals surface area contributed by atoms with E-state index in [1.54, 1.807) is 0 Å². The van der Waals surface area contributed by atoms with Gasteiger partial charge in [-0.2, -0.15) is 0 Å². The van der Waals surface area contributed by atoms with Crippen LogP contribution in [0.25, 0.3) is 11.1 Å². The van der Waals surface area contributed by atoms with E-state index in [9.17, 15) is 9.18 Å². The van der Waals surface area contributed by atoms with Gasteiger partial charge in [0, 0.05) is 22.9 Å². The van der Waals surface area contributed by atoms with E-state index in [1.807, 2.05) is 48.5 Å². The normalized spacial score (nSPS) is 14.8. The number of carbonyl (C=O) groups excluding carboxylic acids is 1. The molecule has 0 unspecified atom stereocenters. The number of fused-ring (bicyclic) bond motifs is 3. The fourth-order valence-electron chi connectivity index (χ4n) is 4.90. The van der Waals surface area contributed by atoms with Gasteiger partial charge in [0.1, 0.15) is 17.5 Å². The second-order valence-corrected chi connectivity index (χ2v) is 10.0. The summed E-state index contributed by atoms with van der Waals surface area (Å²) in [7, 11) is 0. The van der Waals surface area contributed by atoms with Gasteiger partial charge in [0.05, 0.1) is 19.4 Å². The van der Waals surface area contributed by atoms with Crippen LogP contribution in [0.15, 0.2) is 95.0 Å². The molecule has 0 saturated carbocycles. The standard InChI is InChI=1S/C30H25FN2O4S/c31-20-15-25(29-35-13-14-36-29)28(32-17-20)38-27-12-6-1-7-19(27)16-33-30(34)37-18-26-23-10-4-2-8-21(23)22-9-3-5-11-24(22)26/h1-12,15,17,26,29H,13-14,16,18H2,(H,33,34). The van der Waals surface area contributed by atoms with Crippen molar-refractivity contribution in [3.05, 3.63) is 113 Å². The number of hydrogen-bond donors (Lipinski definition) is 1. The summed E-state index contributed by atoms with van der Waals surface area (Å²) in [6.45, 7) is 1.42. The van der Waals surface area contributed by atoms with E-state index in [-0.39, 0.29) is 19.1 Å². The fraction of sp³-hybridized carbons (Fsp3) is 0.200. The van der Waals surface area contributed by atoms with Crippen LogP contribution in [-0.2, 0) is 20.8 Å². The van der Waals surface area contributed by atoms with Crippen molar-refractivity contribution in [2.24, 2.45) is 0 Å². The third kappa shape index (κ3) is 5.03. The highest BCUT2D eigenvalue weighted by Gasteiger charge is 2.29. The monoisotopic (exact) mass is 528 g/mol. The number of aromatic nitrogens is 1. The topological polar surface area (TPSA) is 69.7 Å². The lowest BCUT2D eigenvalue weighted by atomic mass is 9.98. The Labute approximate surface area is 224 Å². The van der Waals surface area contributed by atoms with Gasteiger partial charge in [-0.25, -0.2) is 14.2 Å². The maximum absolute atomic E-state index is 13.9. The number of nitrogens with one attached hydrogen (secondary N) is 1. The summed E-state index contributed by atoms with van der Waals surface area (Å²) < 4.78 is 30.8. The predicted octanol–water partition coefficient (Wildman–Crippen LogP) is 6.46. The lowest BCUT2D eigenvalue weighted by Gasteiger charge is -2.16. The minimum atomic E-state index is -0.646. The van der Waals surface area contributed by atoms with Crippen LogP contribution in [0.2, 0.25) is 0 Å². The molecule has 4 aromatic rings. The number of hydrogen-bond acceptors (Lipinski definition) is 6. The highest BCUT2D eigenvalue weighted by atomic mass is 32.2. The lowest BCUT2D eigenvalue weighted by Crippen LogP contribution is -2.25. The molecule has 2 aliphatic rings. The van der Waals surface area contributed by atoms with E-state index in [1.165, 1.54) is 46.3 Å². The molecule has 192 valence electrons. The number of pyridine rings is 1. The van der Waals surface area contributed by atoms with E-state index < -0.39 is 18.2 Å². The van der Waals surface area contributed by atoms with Crippen molar-refractivity contribution in [3.63, 3.8) is 0 Å². The number of ether oxygens (including phenoxy) is 3. The summed E-state index contributed by atoms with van der Waals surface area (Å²) in [5.41, 5.74) is 6.14. The first-order chi connectivity index (χ1) is 18.7. The molecule has 0 radical (unpaired) electrons. The first-order valence-electron chi connectivity index (χ1n) is 12.4. The molecule has 1 aliphatic heterocycles. The molecule has 0 atom stereocenters. The third-order valence-electron chi connectivity index (χ3n) is 6.67. The van der Waals surface area contributed by atoms with Crippen LogP contribution in [-0.4, -0.2) is 30.9 Å². The van der Waals surface area contributed by atoms with Crippen molar-refractivity contribution in [3.8, 4) is 11.1 Å². The molecule has 1 aromatic heterocycles. The van der Waals surface area contributed by atoms with Crippen LogP contribution in [0.1, 0.15) is 34.5 Å². The highest BCUT2D eigenvalue weighted by molar-refractivity contribution is 7.99. The average Bonchev–Trinajstić information content (AvgIpc) is 3.59. The van der Waals surface area contributed by atoms with Gasteiger partial charge in [-0.3, -0.25) is 0 Å². The molecule has 1 fully saturated rings. The van der Waals surface area contributed by atoms with Gasteiger partial charge in [0.25, 0.3) is 0 Å². The van der Waals surface area contributed by atoms with Crippen LogP contribution >= 0.6 is 11.8 Å². The van der Waals surface area contributed by atoms with E-state index in [0.717, 1.165) is 10.5 Å². The molecule has 0 spiro atoms. The van der Waals surface area contributed by atoms with Gasteiger partial charge >= 0.3 is 6.09 Å². The Hall–Kier alpha value is -3.72. The number of halogens is 1. The first-order valence-corrected chi connectivity index (χ1v) is 13.2. The number of rotatable bonds is 7.